The first-order chi connectivity index (χ1) is 8.04. The van der Waals surface area contributed by atoms with Gasteiger partial charge in [0, 0.05) is 5.02 Å². The van der Waals surface area contributed by atoms with Crippen LogP contribution in [0.25, 0.3) is 0 Å². The summed E-state index contributed by atoms with van der Waals surface area (Å²) in [5.41, 5.74) is 2.62. The summed E-state index contributed by atoms with van der Waals surface area (Å²) in [6, 6.07) is 4.00. The number of nitrogens with one attached hydrogen (secondary N) is 1. The van der Waals surface area contributed by atoms with Gasteiger partial charge in [0.05, 0.1) is 12.3 Å². The molecule has 1 N–H and O–H groups in total. The van der Waals surface area contributed by atoms with Gasteiger partial charge in [-0.2, -0.15) is 5.10 Å². The standard InChI is InChI=1S/C11H12ClFN2O2/c1-3-17-11(16)7(2)14-15-10-6-8(12)4-5-9(10)13/h4-6,15H,3H2,1-2H3/b14-7-. The second-order valence-corrected chi connectivity index (χ2v) is 3.59. The maximum Gasteiger partial charge on any atom is 0.354 e. The second kappa shape index (κ2) is 6.20. The molecule has 0 aliphatic heterocycles. The highest BCUT2D eigenvalue weighted by atomic mass is 35.5. The fourth-order valence-corrected chi connectivity index (χ4v) is 1.18. The van der Waals surface area contributed by atoms with E-state index in [4.69, 9.17) is 16.3 Å². The Balaban J connectivity index is 2.75. The second-order valence-electron chi connectivity index (χ2n) is 3.15. The van der Waals surface area contributed by atoms with Crippen molar-refractivity contribution >= 4 is 29.0 Å². The van der Waals surface area contributed by atoms with Gasteiger partial charge in [0.25, 0.3) is 0 Å². The highest BCUT2D eigenvalue weighted by Crippen LogP contribution is 2.19. The zero-order chi connectivity index (χ0) is 12.8. The SMILES string of the molecule is CCOC(=O)/C(C)=N\Nc1cc(Cl)ccc1F. The summed E-state index contributed by atoms with van der Waals surface area (Å²) in [6.07, 6.45) is 0. The van der Waals surface area contributed by atoms with Crippen LogP contribution >= 0.6 is 11.6 Å². The lowest BCUT2D eigenvalue weighted by Crippen LogP contribution is -2.15. The van der Waals surface area contributed by atoms with Gasteiger partial charge in [0.2, 0.25) is 0 Å². The van der Waals surface area contributed by atoms with Crippen molar-refractivity contribution in [3.63, 3.8) is 0 Å². The fourth-order valence-electron chi connectivity index (χ4n) is 1.01. The highest BCUT2D eigenvalue weighted by molar-refractivity contribution is 6.35. The van der Waals surface area contributed by atoms with Gasteiger partial charge >= 0.3 is 5.97 Å². The zero-order valence-electron chi connectivity index (χ0n) is 9.46. The highest BCUT2D eigenvalue weighted by Gasteiger charge is 2.07. The quantitative estimate of drug-likeness (QED) is 0.513. The molecule has 0 unspecified atom stereocenters. The number of hydrazone groups is 1. The molecule has 0 radical (unpaired) electrons. The molecule has 4 nitrogen and oxygen atoms in total. The smallest absolute Gasteiger partial charge is 0.354 e. The van der Waals surface area contributed by atoms with Gasteiger partial charge in [-0.05, 0) is 32.0 Å². The Kier molecular flexibility index (Phi) is 4.90. The van der Waals surface area contributed by atoms with Gasteiger partial charge in [-0.15, -0.1) is 0 Å². The number of rotatable bonds is 4. The van der Waals surface area contributed by atoms with Gasteiger partial charge in [0.15, 0.2) is 0 Å². The Morgan fingerprint density at radius 2 is 2.29 bits per heavy atom. The predicted octanol–water partition coefficient (Wildman–Crippen LogP) is 2.83. The molecule has 0 aromatic heterocycles. The first kappa shape index (κ1) is 13.4. The fraction of sp³-hybridized carbons (Fsp3) is 0.273. The van der Waals surface area contributed by atoms with Crippen LogP contribution in [0.5, 0.6) is 0 Å². The zero-order valence-corrected chi connectivity index (χ0v) is 10.2. The molecule has 1 rings (SSSR count). The monoisotopic (exact) mass is 258 g/mol. The van der Waals surface area contributed by atoms with Gasteiger partial charge < -0.3 is 4.74 Å². The number of carbonyl (C=O) groups excluding carboxylic acids is 1. The molecule has 17 heavy (non-hydrogen) atoms. The normalized spacial score (nSPS) is 11.2. The molecule has 0 amide bonds. The van der Waals surface area contributed by atoms with E-state index in [0.717, 1.165) is 0 Å². The van der Waals surface area contributed by atoms with Crippen LogP contribution in [-0.2, 0) is 9.53 Å². The molecule has 92 valence electrons. The molecule has 0 saturated carbocycles. The molecule has 0 bridgehead atoms. The van der Waals surface area contributed by atoms with Gasteiger partial charge in [-0.1, -0.05) is 11.6 Å². The van der Waals surface area contributed by atoms with E-state index in [2.05, 4.69) is 10.5 Å². The van der Waals surface area contributed by atoms with Gasteiger partial charge in [-0.25, -0.2) is 9.18 Å². The van der Waals surface area contributed by atoms with E-state index in [9.17, 15) is 9.18 Å². The minimum Gasteiger partial charge on any atom is -0.461 e. The first-order valence-electron chi connectivity index (χ1n) is 4.97. The van der Waals surface area contributed by atoms with Crippen LogP contribution in [0.15, 0.2) is 23.3 Å². The molecule has 0 aliphatic rings. The lowest BCUT2D eigenvalue weighted by Gasteiger charge is -2.04. The van der Waals surface area contributed by atoms with E-state index in [1.807, 2.05) is 0 Å². The van der Waals surface area contributed by atoms with Crippen molar-refractivity contribution in [3.8, 4) is 0 Å². The number of ether oxygens (including phenoxy) is 1. The molecule has 6 heteroatoms. The average Bonchev–Trinajstić information content (AvgIpc) is 2.30. The maximum atomic E-state index is 13.3. The molecule has 0 atom stereocenters. The van der Waals surface area contributed by atoms with E-state index in [1.54, 1.807) is 6.92 Å². The van der Waals surface area contributed by atoms with E-state index in [1.165, 1.54) is 25.1 Å². The summed E-state index contributed by atoms with van der Waals surface area (Å²) < 4.78 is 18.0. The van der Waals surface area contributed by atoms with Crippen LogP contribution in [0.3, 0.4) is 0 Å². The van der Waals surface area contributed by atoms with Gasteiger partial charge in [0.1, 0.15) is 11.5 Å². The number of anilines is 1. The van der Waals surface area contributed by atoms with Crippen molar-refractivity contribution in [3.05, 3.63) is 29.0 Å². The Hall–Kier alpha value is -1.62. The van der Waals surface area contributed by atoms with E-state index in [-0.39, 0.29) is 18.0 Å². The van der Waals surface area contributed by atoms with Crippen molar-refractivity contribution in [1.82, 2.24) is 0 Å². The number of carbonyl (C=O) groups is 1. The molecule has 0 saturated heterocycles. The van der Waals surface area contributed by atoms with Crippen LogP contribution in [0.4, 0.5) is 10.1 Å². The number of hydrogen-bond acceptors (Lipinski definition) is 4. The van der Waals surface area contributed by atoms with Crippen LogP contribution in [0.1, 0.15) is 13.8 Å². The van der Waals surface area contributed by atoms with Gasteiger partial charge in [-0.3, -0.25) is 5.43 Å². The van der Waals surface area contributed by atoms with Crippen molar-refractivity contribution in [1.29, 1.82) is 0 Å². The molecule has 1 aromatic rings. The van der Waals surface area contributed by atoms with Crippen molar-refractivity contribution in [2.24, 2.45) is 5.10 Å². The van der Waals surface area contributed by atoms with Crippen molar-refractivity contribution < 1.29 is 13.9 Å². The summed E-state index contributed by atoms with van der Waals surface area (Å²) in [7, 11) is 0. The molecule has 0 heterocycles. The number of halogens is 2. The van der Waals surface area contributed by atoms with Crippen molar-refractivity contribution in [2.45, 2.75) is 13.8 Å². The van der Waals surface area contributed by atoms with E-state index < -0.39 is 11.8 Å². The third kappa shape index (κ3) is 4.03. The molecule has 0 spiro atoms. The predicted molar refractivity (Wildman–Crippen MR) is 64.8 cm³/mol. The summed E-state index contributed by atoms with van der Waals surface area (Å²) in [5.74, 6) is -1.06. The Labute approximate surface area is 103 Å². The first-order valence-corrected chi connectivity index (χ1v) is 5.35. The Bertz CT molecular complexity index is 449. The molecular formula is C11H12ClFN2O2. The van der Waals surface area contributed by atoms with Crippen LogP contribution < -0.4 is 5.43 Å². The minimum absolute atomic E-state index is 0.0983. The number of hydrogen-bond donors (Lipinski definition) is 1. The molecule has 0 fully saturated rings. The molecular weight excluding hydrogens is 247 g/mol. The number of nitrogens with zero attached hydrogens (tertiary/aromatic N) is 1. The largest absolute Gasteiger partial charge is 0.461 e. The third-order valence-corrected chi connectivity index (χ3v) is 2.08. The van der Waals surface area contributed by atoms with Crippen LogP contribution in [0.2, 0.25) is 5.02 Å². The van der Waals surface area contributed by atoms with E-state index >= 15 is 0 Å². The topological polar surface area (TPSA) is 50.7 Å². The molecule has 1 aromatic carbocycles. The van der Waals surface area contributed by atoms with Crippen LogP contribution in [-0.4, -0.2) is 18.3 Å². The summed E-state index contributed by atoms with van der Waals surface area (Å²) in [5, 5.41) is 4.08. The Morgan fingerprint density at radius 1 is 1.59 bits per heavy atom. The lowest BCUT2D eigenvalue weighted by atomic mass is 10.3. The number of esters is 1. The minimum atomic E-state index is -0.553. The Morgan fingerprint density at radius 3 is 2.94 bits per heavy atom. The average molecular weight is 259 g/mol. The summed E-state index contributed by atoms with van der Waals surface area (Å²) in [4.78, 5) is 11.2. The number of benzene rings is 1. The van der Waals surface area contributed by atoms with Crippen LogP contribution in [0, 0.1) is 5.82 Å². The third-order valence-electron chi connectivity index (χ3n) is 1.84. The van der Waals surface area contributed by atoms with E-state index in [0.29, 0.717) is 5.02 Å². The summed E-state index contributed by atoms with van der Waals surface area (Å²) in [6.45, 7) is 3.42. The van der Waals surface area contributed by atoms with Crippen molar-refractivity contribution in [2.75, 3.05) is 12.0 Å². The molecule has 0 aliphatic carbocycles. The lowest BCUT2D eigenvalue weighted by molar-refractivity contribution is -0.135. The maximum absolute atomic E-state index is 13.3. The summed E-state index contributed by atoms with van der Waals surface area (Å²) >= 11 is 5.70.